The van der Waals surface area contributed by atoms with Crippen molar-refractivity contribution >= 4 is 39.9 Å². The number of halogens is 2. The zero-order valence-electron chi connectivity index (χ0n) is 7.80. The zero-order chi connectivity index (χ0) is 11.7. The highest BCUT2D eigenvalue weighted by Gasteiger charge is 2.11. The van der Waals surface area contributed by atoms with Gasteiger partial charge in [-0.3, -0.25) is 10.1 Å². The monoisotopic (exact) mass is 349 g/mol. The molecule has 1 aromatic carbocycles. The van der Waals surface area contributed by atoms with E-state index in [4.69, 9.17) is 11.6 Å². The molecule has 2 aromatic rings. The molecule has 0 spiro atoms. The lowest BCUT2D eigenvalue weighted by Gasteiger charge is -2.03. The lowest BCUT2D eigenvalue weighted by Crippen LogP contribution is -1.96. The van der Waals surface area contributed by atoms with Gasteiger partial charge in [-0.25, -0.2) is 4.68 Å². The zero-order valence-corrected chi connectivity index (χ0v) is 10.7. The van der Waals surface area contributed by atoms with Crippen LogP contribution in [0.5, 0.6) is 0 Å². The van der Waals surface area contributed by atoms with Crippen LogP contribution in [0.1, 0.15) is 0 Å². The Morgan fingerprint density at radius 1 is 1.50 bits per heavy atom. The quantitative estimate of drug-likeness (QED) is 0.476. The van der Waals surface area contributed by atoms with Crippen LogP contribution in [0.4, 0.5) is 5.69 Å². The first-order chi connectivity index (χ1) is 7.58. The molecule has 16 heavy (non-hydrogen) atoms. The van der Waals surface area contributed by atoms with E-state index in [1.165, 1.54) is 12.1 Å². The smallest absolute Gasteiger partial charge is 0.258 e. The van der Waals surface area contributed by atoms with E-state index >= 15 is 0 Å². The van der Waals surface area contributed by atoms with Crippen molar-refractivity contribution in [1.82, 2.24) is 9.78 Å². The Morgan fingerprint density at radius 3 is 2.75 bits per heavy atom. The number of nitro groups is 1. The van der Waals surface area contributed by atoms with E-state index in [0.29, 0.717) is 10.7 Å². The molecule has 82 valence electrons. The van der Waals surface area contributed by atoms with Crippen molar-refractivity contribution in [1.29, 1.82) is 0 Å². The summed E-state index contributed by atoms with van der Waals surface area (Å²) in [6.07, 6.45) is 3.46. The first-order valence-electron chi connectivity index (χ1n) is 4.22. The molecule has 0 saturated carbocycles. The summed E-state index contributed by atoms with van der Waals surface area (Å²) in [6, 6.07) is 4.28. The summed E-state index contributed by atoms with van der Waals surface area (Å²) in [5.41, 5.74) is 0.589. The van der Waals surface area contributed by atoms with Crippen molar-refractivity contribution in [2.45, 2.75) is 0 Å². The Kier molecular flexibility index (Phi) is 3.10. The number of nitro benzene ring substituents is 1. The molecule has 7 heteroatoms. The highest BCUT2D eigenvalue weighted by atomic mass is 127. The van der Waals surface area contributed by atoms with Crippen LogP contribution >= 0.6 is 34.2 Å². The summed E-state index contributed by atoms with van der Waals surface area (Å²) in [5.74, 6) is 0. The van der Waals surface area contributed by atoms with E-state index in [0.717, 1.165) is 3.57 Å². The number of hydrogen-bond acceptors (Lipinski definition) is 3. The molecule has 0 atom stereocenters. The minimum atomic E-state index is -0.484. The Hall–Kier alpha value is -1.15. The van der Waals surface area contributed by atoms with Crippen molar-refractivity contribution in [2.75, 3.05) is 0 Å². The third-order valence-electron chi connectivity index (χ3n) is 1.94. The predicted octanol–water partition coefficient (Wildman–Crippen LogP) is 3.04. The van der Waals surface area contributed by atoms with Crippen molar-refractivity contribution in [3.05, 3.63) is 49.3 Å². The summed E-state index contributed by atoms with van der Waals surface area (Å²) >= 11 is 8.07. The van der Waals surface area contributed by atoms with Crippen LogP contribution < -0.4 is 0 Å². The molecule has 1 aromatic heterocycles. The van der Waals surface area contributed by atoms with Crippen molar-refractivity contribution in [2.24, 2.45) is 0 Å². The Balaban J connectivity index is 2.47. The van der Waals surface area contributed by atoms with E-state index in [9.17, 15) is 10.1 Å². The van der Waals surface area contributed by atoms with Crippen LogP contribution in [-0.4, -0.2) is 14.7 Å². The topological polar surface area (TPSA) is 61.0 Å². The first-order valence-corrected chi connectivity index (χ1v) is 5.68. The molecule has 0 amide bonds. The molecule has 0 radical (unpaired) electrons. The molecule has 5 nitrogen and oxygen atoms in total. The third-order valence-corrected chi connectivity index (χ3v) is 2.80. The average Bonchev–Trinajstić information content (AvgIpc) is 2.64. The van der Waals surface area contributed by atoms with Gasteiger partial charge >= 0.3 is 0 Å². The summed E-state index contributed by atoms with van der Waals surface area (Å²) in [5, 5.41) is 14.9. The molecule has 0 bridgehead atoms. The standard InChI is InChI=1S/C9H5ClIN3O2/c10-8-3-7(14(15)16)1-2-9(8)13-5-6(11)4-12-13/h1-5H. The maximum absolute atomic E-state index is 10.5. The van der Waals surface area contributed by atoms with Gasteiger partial charge in [-0.15, -0.1) is 0 Å². The normalized spacial score (nSPS) is 10.4. The van der Waals surface area contributed by atoms with Gasteiger partial charge in [0.2, 0.25) is 0 Å². The van der Waals surface area contributed by atoms with Crippen molar-refractivity contribution in [3.63, 3.8) is 0 Å². The van der Waals surface area contributed by atoms with E-state index in [-0.39, 0.29) is 5.69 Å². The fraction of sp³-hybridized carbons (Fsp3) is 0. The van der Waals surface area contributed by atoms with Gasteiger partial charge in [-0.2, -0.15) is 5.10 Å². The van der Waals surface area contributed by atoms with Crippen molar-refractivity contribution in [3.8, 4) is 5.69 Å². The van der Waals surface area contributed by atoms with Crippen LogP contribution in [0, 0.1) is 13.7 Å². The number of aromatic nitrogens is 2. The second kappa shape index (κ2) is 4.38. The minimum Gasteiger partial charge on any atom is -0.258 e. The van der Waals surface area contributed by atoms with Crippen LogP contribution in [0.15, 0.2) is 30.6 Å². The Labute approximate surface area is 109 Å². The number of benzene rings is 1. The van der Waals surface area contributed by atoms with Gasteiger partial charge in [-0.05, 0) is 28.7 Å². The van der Waals surface area contributed by atoms with Crippen LogP contribution in [0.25, 0.3) is 5.69 Å². The summed E-state index contributed by atoms with van der Waals surface area (Å²) in [6.45, 7) is 0. The molecular formula is C9H5ClIN3O2. The molecular weight excluding hydrogens is 344 g/mol. The number of non-ortho nitro benzene ring substituents is 1. The lowest BCUT2D eigenvalue weighted by molar-refractivity contribution is -0.384. The average molecular weight is 350 g/mol. The second-order valence-electron chi connectivity index (χ2n) is 3.00. The lowest BCUT2D eigenvalue weighted by atomic mass is 10.3. The van der Waals surface area contributed by atoms with Crippen molar-refractivity contribution < 1.29 is 4.92 Å². The Bertz CT molecular complexity index is 555. The van der Waals surface area contributed by atoms with E-state index in [1.54, 1.807) is 23.1 Å². The van der Waals surface area contributed by atoms with Gasteiger partial charge in [0.1, 0.15) is 0 Å². The molecule has 0 unspecified atom stereocenters. The highest BCUT2D eigenvalue weighted by Crippen LogP contribution is 2.25. The number of nitrogens with zero attached hydrogens (tertiary/aromatic N) is 3. The summed E-state index contributed by atoms with van der Waals surface area (Å²) in [4.78, 5) is 10.0. The van der Waals surface area contributed by atoms with E-state index < -0.39 is 4.92 Å². The van der Waals surface area contributed by atoms with Gasteiger partial charge in [-0.1, -0.05) is 11.6 Å². The van der Waals surface area contributed by atoms with E-state index in [2.05, 4.69) is 27.7 Å². The van der Waals surface area contributed by atoms with Gasteiger partial charge in [0.05, 0.1) is 25.4 Å². The second-order valence-corrected chi connectivity index (χ2v) is 4.65. The molecule has 0 aliphatic carbocycles. The van der Waals surface area contributed by atoms with Gasteiger partial charge in [0, 0.05) is 18.3 Å². The number of rotatable bonds is 2. The highest BCUT2D eigenvalue weighted by molar-refractivity contribution is 14.1. The van der Waals surface area contributed by atoms with Gasteiger partial charge in [0.15, 0.2) is 0 Å². The van der Waals surface area contributed by atoms with Crippen LogP contribution in [0.3, 0.4) is 0 Å². The predicted molar refractivity (Wildman–Crippen MR) is 67.9 cm³/mol. The fourth-order valence-corrected chi connectivity index (χ4v) is 1.88. The third kappa shape index (κ3) is 2.17. The Morgan fingerprint density at radius 2 is 2.25 bits per heavy atom. The molecule has 0 saturated heterocycles. The van der Waals surface area contributed by atoms with Gasteiger partial charge < -0.3 is 0 Å². The molecule has 0 N–H and O–H groups in total. The van der Waals surface area contributed by atoms with Crippen LogP contribution in [0.2, 0.25) is 5.02 Å². The molecule has 2 rings (SSSR count). The largest absolute Gasteiger partial charge is 0.271 e. The fourth-order valence-electron chi connectivity index (χ4n) is 1.23. The van der Waals surface area contributed by atoms with Gasteiger partial charge in [0.25, 0.3) is 5.69 Å². The molecule has 1 heterocycles. The molecule has 0 fully saturated rings. The molecule has 0 aliphatic heterocycles. The summed E-state index contributed by atoms with van der Waals surface area (Å²) < 4.78 is 2.54. The maximum Gasteiger partial charge on any atom is 0.271 e. The maximum atomic E-state index is 10.5. The van der Waals surface area contributed by atoms with E-state index in [1.807, 2.05) is 0 Å². The SMILES string of the molecule is O=[N+]([O-])c1ccc(-n2cc(I)cn2)c(Cl)c1. The van der Waals surface area contributed by atoms with Crippen LogP contribution in [-0.2, 0) is 0 Å². The number of hydrogen-bond donors (Lipinski definition) is 0. The minimum absolute atomic E-state index is 0.0318. The summed E-state index contributed by atoms with van der Waals surface area (Å²) in [7, 11) is 0. The molecule has 0 aliphatic rings. The first kappa shape index (κ1) is 11.3.